The molecular formula is C26H32O4Sn. The summed E-state index contributed by atoms with van der Waals surface area (Å²) in [6.45, 7) is 9.34. The zero-order valence-corrected chi connectivity index (χ0v) is 21.7. The third kappa shape index (κ3) is 11.8. The van der Waals surface area contributed by atoms with Crippen LogP contribution in [0.15, 0.2) is 71.8 Å². The smallest absolute Gasteiger partial charge is 0.0681 e. The van der Waals surface area contributed by atoms with Crippen molar-refractivity contribution in [1.82, 2.24) is 0 Å². The first kappa shape index (κ1) is 27.0. The summed E-state index contributed by atoms with van der Waals surface area (Å²) in [4.78, 5) is 22.8. The van der Waals surface area contributed by atoms with E-state index in [4.69, 9.17) is 0 Å². The Morgan fingerprint density at radius 1 is 0.677 bits per heavy atom. The van der Waals surface area contributed by atoms with E-state index < -0.39 is 11.9 Å². The average molecular weight is 527 g/mol. The average Bonchev–Trinajstić information content (AvgIpc) is 2.71. The van der Waals surface area contributed by atoms with Gasteiger partial charge in [0.15, 0.2) is 0 Å². The van der Waals surface area contributed by atoms with E-state index in [1.807, 2.05) is 0 Å². The van der Waals surface area contributed by atoms with Crippen molar-refractivity contribution in [3.8, 4) is 0 Å². The van der Waals surface area contributed by atoms with Gasteiger partial charge in [0.05, 0.1) is 11.9 Å². The minimum Gasteiger partial charge on any atom is -0.545 e. The fraction of sp³-hybridized carbons (Fsp3) is 0.385. The van der Waals surface area contributed by atoms with Crippen LogP contribution in [-0.4, -0.2) is 33.1 Å². The van der Waals surface area contributed by atoms with Gasteiger partial charge in [-0.2, -0.15) is 0 Å². The molecule has 0 fully saturated rings. The quantitative estimate of drug-likeness (QED) is 0.352. The van der Waals surface area contributed by atoms with Gasteiger partial charge in [0.2, 0.25) is 0 Å². The Morgan fingerprint density at radius 2 is 1.00 bits per heavy atom. The van der Waals surface area contributed by atoms with Crippen molar-refractivity contribution in [1.29, 1.82) is 0 Å². The first-order valence-corrected chi connectivity index (χ1v) is 14.7. The van der Waals surface area contributed by atoms with Gasteiger partial charge in [-0.25, -0.2) is 0 Å². The van der Waals surface area contributed by atoms with E-state index in [9.17, 15) is 19.8 Å². The van der Waals surface area contributed by atoms with Gasteiger partial charge >= 0.3 is 69.5 Å². The van der Waals surface area contributed by atoms with Crippen molar-refractivity contribution in [3.63, 3.8) is 0 Å². The summed E-state index contributed by atoms with van der Waals surface area (Å²) < 4.78 is 3.14. The van der Waals surface area contributed by atoms with Gasteiger partial charge in [-0.3, -0.25) is 0 Å². The van der Waals surface area contributed by atoms with Crippen LogP contribution in [0.25, 0.3) is 0 Å². The maximum absolute atomic E-state index is 11.4. The fourth-order valence-electron chi connectivity index (χ4n) is 2.86. The molecule has 0 amide bonds. The number of carboxylic acid groups (broad SMARTS) is 2. The molecule has 164 valence electrons. The van der Waals surface area contributed by atoms with E-state index in [1.54, 1.807) is 69.5 Å². The van der Waals surface area contributed by atoms with E-state index in [2.05, 4.69) is 27.7 Å². The topological polar surface area (TPSA) is 80.3 Å². The Hall–Kier alpha value is -2.08. The molecule has 0 saturated carbocycles. The first-order valence-electron chi connectivity index (χ1n) is 10.6. The molecule has 0 aromatic heterocycles. The van der Waals surface area contributed by atoms with Gasteiger partial charge in [-0.05, 0) is 35.1 Å². The molecule has 0 N–H and O–H groups in total. The Bertz CT molecular complexity index is 758. The van der Waals surface area contributed by atoms with Crippen LogP contribution in [0.2, 0.25) is 8.87 Å². The molecule has 0 saturated heterocycles. The summed E-state index contributed by atoms with van der Waals surface area (Å²) in [6, 6.07) is 17.6. The number of hydrogen-bond acceptors (Lipinski definition) is 4. The molecule has 5 heteroatoms. The molecule has 0 heterocycles. The zero-order chi connectivity index (χ0) is 23.2. The van der Waals surface area contributed by atoms with Crippen LogP contribution in [0.5, 0.6) is 0 Å². The van der Waals surface area contributed by atoms with Crippen LogP contribution in [0.1, 0.15) is 38.8 Å². The van der Waals surface area contributed by atoms with Crippen molar-refractivity contribution in [2.24, 2.45) is 11.8 Å². The summed E-state index contributed by atoms with van der Waals surface area (Å²) in [7, 11) is 0. The van der Waals surface area contributed by atoms with Crippen molar-refractivity contribution in [2.45, 2.75) is 49.4 Å². The Balaban J connectivity index is 0.000000452. The third-order valence-corrected chi connectivity index (χ3v) is 10.7. The standard InChI is InChI=1S/C18H16O4.2C4H9.Sn/c19-17(20)15(11-13-7-3-1-4-8-13)16(18(21)22)12-14-9-5-2-6-10-14;2*1-4(2)3;/h1-10H,11-12H2,(H,19,20)(H,21,22);2*4H,1H2,2-3H3;/q;;;+2/p-2/b16-15-;;;. The Morgan fingerprint density at radius 3 is 1.26 bits per heavy atom. The minimum atomic E-state index is -1.49. The largest absolute Gasteiger partial charge is 0.545 e. The van der Waals surface area contributed by atoms with E-state index >= 15 is 0 Å². The van der Waals surface area contributed by atoms with Crippen molar-refractivity contribution >= 4 is 33.1 Å². The van der Waals surface area contributed by atoms with Crippen molar-refractivity contribution < 1.29 is 19.8 Å². The van der Waals surface area contributed by atoms with Crippen LogP contribution in [0.4, 0.5) is 0 Å². The summed E-state index contributed by atoms with van der Waals surface area (Å²) in [5, 5.41) is 22.8. The van der Waals surface area contributed by atoms with Gasteiger partial charge in [-0.1, -0.05) is 60.7 Å². The second kappa shape index (κ2) is 14.8. The minimum absolute atomic E-state index is 0.0146. The molecular weight excluding hydrogens is 495 g/mol. The number of rotatable bonds is 10. The number of carbonyl (C=O) groups excluding carboxylic acids is 2. The molecule has 0 atom stereocenters. The van der Waals surface area contributed by atoms with E-state index in [0.29, 0.717) is 11.1 Å². The molecule has 0 aliphatic carbocycles. The van der Waals surface area contributed by atoms with Gasteiger partial charge in [0.1, 0.15) is 0 Å². The number of benzene rings is 2. The van der Waals surface area contributed by atoms with Crippen LogP contribution in [-0.2, 0) is 22.4 Å². The van der Waals surface area contributed by atoms with Crippen LogP contribution in [0.3, 0.4) is 0 Å². The Kier molecular flexibility index (Phi) is 12.9. The summed E-state index contributed by atoms with van der Waals surface area (Å²) in [5.74, 6) is -1.04. The second-order valence-corrected chi connectivity index (χ2v) is 12.1. The molecule has 0 aliphatic rings. The number of carboxylic acids is 2. The van der Waals surface area contributed by atoms with E-state index in [0.717, 1.165) is 11.8 Å². The first-order chi connectivity index (χ1) is 14.7. The fourth-order valence-corrected chi connectivity index (χ4v) is 6.64. The Labute approximate surface area is 196 Å². The second-order valence-electron chi connectivity index (χ2n) is 8.30. The normalized spacial score (nSPS) is 11.3. The monoisotopic (exact) mass is 528 g/mol. The van der Waals surface area contributed by atoms with Crippen LogP contribution in [0, 0.1) is 11.8 Å². The predicted molar refractivity (Wildman–Crippen MR) is 122 cm³/mol. The summed E-state index contributed by atoms with van der Waals surface area (Å²) in [5.41, 5.74) is 0.895. The molecule has 0 bridgehead atoms. The van der Waals surface area contributed by atoms with Gasteiger partial charge in [-0.15, -0.1) is 0 Å². The molecule has 4 nitrogen and oxygen atoms in total. The molecule has 0 aliphatic heterocycles. The van der Waals surface area contributed by atoms with Crippen LogP contribution < -0.4 is 10.2 Å². The summed E-state index contributed by atoms with van der Waals surface area (Å²) in [6.07, 6.45) is -0.0291. The van der Waals surface area contributed by atoms with E-state index in [-0.39, 0.29) is 45.1 Å². The maximum atomic E-state index is 11.4. The molecule has 0 spiro atoms. The van der Waals surface area contributed by atoms with Crippen molar-refractivity contribution in [3.05, 3.63) is 82.9 Å². The molecule has 2 aromatic rings. The van der Waals surface area contributed by atoms with Crippen molar-refractivity contribution in [2.75, 3.05) is 0 Å². The van der Waals surface area contributed by atoms with Gasteiger partial charge in [0.25, 0.3) is 0 Å². The van der Waals surface area contributed by atoms with Crippen LogP contribution >= 0.6 is 0 Å². The zero-order valence-electron chi connectivity index (χ0n) is 18.9. The van der Waals surface area contributed by atoms with E-state index in [1.165, 1.54) is 0 Å². The SMILES string of the molecule is CC(C)[CH2][Sn+2][CH2]C(C)C.O=C([O-])/C(Cc1ccccc1)=C(/Cc1ccccc1)C(=O)[O-]. The molecule has 2 aromatic carbocycles. The number of aliphatic carboxylic acids is 2. The van der Waals surface area contributed by atoms with Gasteiger partial charge in [0, 0.05) is 0 Å². The maximum Gasteiger partial charge on any atom is 0.0681 e. The number of hydrogen-bond donors (Lipinski definition) is 0. The third-order valence-electron chi connectivity index (χ3n) is 4.41. The molecule has 2 rings (SSSR count). The number of carbonyl (C=O) groups is 2. The van der Waals surface area contributed by atoms with Gasteiger partial charge < -0.3 is 19.8 Å². The predicted octanol–water partition coefficient (Wildman–Crippen LogP) is 3.11. The summed E-state index contributed by atoms with van der Waals surface area (Å²) >= 11 is 0.0709. The molecule has 0 unspecified atom stereocenters. The molecule has 0 radical (unpaired) electrons. The molecule has 31 heavy (non-hydrogen) atoms.